The van der Waals surface area contributed by atoms with E-state index in [1.165, 1.54) is 16.6 Å². The summed E-state index contributed by atoms with van der Waals surface area (Å²) in [5.41, 5.74) is 4.59. The number of hydrogen-bond donors (Lipinski definition) is 1. The van der Waals surface area contributed by atoms with Crippen molar-refractivity contribution in [3.05, 3.63) is 59.4 Å². The zero-order chi connectivity index (χ0) is 22.2. The number of hydrogen-bond acceptors (Lipinski definition) is 3. The molecule has 166 valence electrons. The van der Waals surface area contributed by atoms with E-state index in [1.807, 2.05) is 19.9 Å². The summed E-state index contributed by atoms with van der Waals surface area (Å²) >= 11 is 0. The van der Waals surface area contributed by atoms with Crippen LogP contribution in [0.5, 0.6) is 5.75 Å². The minimum absolute atomic E-state index is 0.0234. The molecule has 0 spiro atoms. The van der Waals surface area contributed by atoms with Crippen LogP contribution in [0.1, 0.15) is 50.1 Å². The van der Waals surface area contributed by atoms with Crippen molar-refractivity contribution in [2.75, 3.05) is 13.2 Å². The maximum absolute atomic E-state index is 11.8. The van der Waals surface area contributed by atoms with Gasteiger partial charge in [0.25, 0.3) is 0 Å². The van der Waals surface area contributed by atoms with Crippen LogP contribution in [-0.2, 0) is 17.8 Å². The molecule has 0 unspecified atom stereocenters. The Hall–Kier alpha value is -2.82. The summed E-state index contributed by atoms with van der Waals surface area (Å²) in [6, 6.07) is 14.6. The number of carbonyl (C=O) groups is 1. The van der Waals surface area contributed by atoms with Gasteiger partial charge in [0.1, 0.15) is 11.6 Å². The number of nitrogens with one attached hydrogen (secondary N) is 1. The molecule has 0 aliphatic carbocycles. The Bertz CT molecular complexity index is 987. The van der Waals surface area contributed by atoms with E-state index in [1.54, 1.807) is 0 Å². The number of nitrogens with zero attached hydrogens (tertiary/aromatic N) is 2. The Morgan fingerprint density at radius 1 is 1.03 bits per heavy atom. The molecule has 2 aromatic carbocycles. The molecule has 0 bridgehead atoms. The topological polar surface area (TPSA) is 56.1 Å². The smallest absolute Gasteiger partial charge is 0.222 e. The maximum atomic E-state index is 11.8. The van der Waals surface area contributed by atoms with Crippen LogP contribution in [0.2, 0.25) is 0 Å². The van der Waals surface area contributed by atoms with Crippen LogP contribution >= 0.6 is 0 Å². The lowest BCUT2D eigenvalue weighted by molar-refractivity contribution is -0.123. The summed E-state index contributed by atoms with van der Waals surface area (Å²) in [6.07, 6.45) is 3.76. The number of aryl methyl sites for hydroxylation is 4. The average molecular weight is 422 g/mol. The van der Waals surface area contributed by atoms with Crippen molar-refractivity contribution in [3.8, 4) is 5.75 Å². The van der Waals surface area contributed by atoms with Gasteiger partial charge in [-0.1, -0.05) is 44.2 Å². The monoisotopic (exact) mass is 421 g/mol. The number of aromatic nitrogens is 2. The third kappa shape index (κ3) is 6.09. The van der Waals surface area contributed by atoms with Gasteiger partial charge in [-0.3, -0.25) is 4.79 Å². The molecule has 3 rings (SSSR count). The van der Waals surface area contributed by atoms with Gasteiger partial charge in [0, 0.05) is 25.4 Å². The third-order valence-corrected chi connectivity index (χ3v) is 5.57. The Balaban J connectivity index is 1.55. The zero-order valence-corrected chi connectivity index (χ0v) is 19.3. The summed E-state index contributed by atoms with van der Waals surface area (Å²) in [4.78, 5) is 16.6. The molecule has 5 nitrogen and oxygen atoms in total. The summed E-state index contributed by atoms with van der Waals surface area (Å²) in [7, 11) is 0. The van der Waals surface area contributed by atoms with Crippen molar-refractivity contribution in [1.82, 2.24) is 14.9 Å². The number of imidazole rings is 1. The summed E-state index contributed by atoms with van der Waals surface area (Å²) in [6.45, 7) is 10.3. The highest BCUT2D eigenvalue weighted by Crippen LogP contribution is 2.23. The Labute approximate surface area is 185 Å². The number of fused-ring (bicyclic) bond motifs is 1. The van der Waals surface area contributed by atoms with Gasteiger partial charge >= 0.3 is 0 Å². The van der Waals surface area contributed by atoms with Crippen LogP contribution in [0, 0.1) is 19.8 Å². The predicted octanol–water partition coefficient (Wildman–Crippen LogP) is 5.22. The van der Waals surface area contributed by atoms with E-state index in [4.69, 9.17) is 9.72 Å². The number of benzene rings is 2. The zero-order valence-electron chi connectivity index (χ0n) is 19.3. The van der Waals surface area contributed by atoms with Crippen molar-refractivity contribution < 1.29 is 9.53 Å². The number of rotatable bonds is 11. The van der Waals surface area contributed by atoms with E-state index in [2.05, 4.69) is 60.1 Å². The molecule has 0 saturated heterocycles. The lowest BCUT2D eigenvalue weighted by Gasteiger charge is -2.13. The molecular weight excluding hydrogens is 386 g/mol. The highest BCUT2D eigenvalue weighted by molar-refractivity contribution is 5.77. The molecule has 1 N–H and O–H groups in total. The summed E-state index contributed by atoms with van der Waals surface area (Å²) in [5.74, 6) is 2.24. The van der Waals surface area contributed by atoms with Crippen LogP contribution in [0.25, 0.3) is 11.0 Å². The fourth-order valence-electron chi connectivity index (χ4n) is 3.80. The predicted molar refractivity (Wildman–Crippen MR) is 127 cm³/mol. The standard InChI is InChI=1S/C26H35N3O2/c1-19(2)26(30)27-16-10-15-24-28-22-13-5-6-14-23(22)29(24)17-7-8-18-31-25-20(3)11-9-12-21(25)4/h5-6,9,11-14,19H,7-8,10,15-18H2,1-4H3,(H,27,30). The highest BCUT2D eigenvalue weighted by atomic mass is 16.5. The van der Waals surface area contributed by atoms with Crippen molar-refractivity contribution in [2.24, 2.45) is 5.92 Å². The van der Waals surface area contributed by atoms with E-state index < -0.39 is 0 Å². The van der Waals surface area contributed by atoms with Gasteiger partial charge in [-0.05, 0) is 56.4 Å². The molecule has 3 aromatic rings. The molecule has 0 radical (unpaired) electrons. The maximum Gasteiger partial charge on any atom is 0.222 e. The molecule has 0 atom stereocenters. The molecule has 5 heteroatoms. The lowest BCUT2D eigenvalue weighted by Crippen LogP contribution is -2.28. The average Bonchev–Trinajstić information content (AvgIpc) is 3.10. The molecule has 0 aliphatic rings. The van der Waals surface area contributed by atoms with Crippen LogP contribution in [0.3, 0.4) is 0 Å². The number of ether oxygens (including phenoxy) is 1. The molecule has 1 amide bonds. The Morgan fingerprint density at radius 2 is 1.77 bits per heavy atom. The third-order valence-electron chi connectivity index (χ3n) is 5.57. The van der Waals surface area contributed by atoms with Gasteiger partial charge in [-0.15, -0.1) is 0 Å². The fraction of sp³-hybridized carbons (Fsp3) is 0.462. The largest absolute Gasteiger partial charge is 0.493 e. The molecule has 31 heavy (non-hydrogen) atoms. The van der Waals surface area contributed by atoms with E-state index in [-0.39, 0.29) is 11.8 Å². The first kappa shape index (κ1) is 22.9. The van der Waals surface area contributed by atoms with E-state index in [0.29, 0.717) is 6.54 Å². The molecular formula is C26H35N3O2. The first-order chi connectivity index (χ1) is 15.0. The first-order valence-electron chi connectivity index (χ1n) is 11.4. The van der Waals surface area contributed by atoms with Crippen LogP contribution < -0.4 is 10.1 Å². The summed E-state index contributed by atoms with van der Waals surface area (Å²) in [5, 5.41) is 3.00. The van der Waals surface area contributed by atoms with Crippen molar-refractivity contribution in [1.29, 1.82) is 0 Å². The number of para-hydroxylation sites is 3. The Kier molecular flexibility index (Phi) is 8.10. The minimum Gasteiger partial charge on any atom is -0.493 e. The van der Waals surface area contributed by atoms with Crippen LogP contribution in [-0.4, -0.2) is 28.6 Å². The van der Waals surface area contributed by atoms with Crippen LogP contribution in [0.15, 0.2) is 42.5 Å². The minimum atomic E-state index is 0.0234. The van der Waals surface area contributed by atoms with Gasteiger partial charge in [-0.25, -0.2) is 4.98 Å². The first-order valence-corrected chi connectivity index (χ1v) is 11.4. The van der Waals surface area contributed by atoms with Crippen molar-refractivity contribution in [2.45, 2.75) is 59.9 Å². The normalized spacial score (nSPS) is 11.3. The van der Waals surface area contributed by atoms with Gasteiger partial charge in [-0.2, -0.15) is 0 Å². The second kappa shape index (κ2) is 11.0. The second-order valence-corrected chi connectivity index (χ2v) is 8.49. The fourth-order valence-corrected chi connectivity index (χ4v) is 3.80. The van der Waals surface area contributed by atoms with E-state index in [9.17, 15) is 4.79 Å². The second-order valence-electron chi connectivity index (χ2n) is 8.49. The Morgan fingerprint density at radius 3 is 2.52 bits per heavy atom. The molecule has 0 fully saturated rings. The van der Waals surface area contributed by atoms with Crippen molar-refractivity contribution >= 4 is 16.9 Å². The highest BCUT2D eigenvalue weighted by Gasteiger charge is 2.11. The molecule has 0 aliphatic heterocycles. The molecule has 1 aromatic heterocycles. The van der Waals surface area contributed by atoms with Crippen LogP contribution in [0.4, 0.5) is 0 Å². The van der Waals surface area contributed by atoms with E-state index >= 15 is 0 Å². The quantitative estimate of drug-likeness (QED) is 0.432. The van der Waals surface area contributed by atoms with Gasteiger partial charge in [0.15, 0.2) is 0 Å². The number of unbranched alkanes of at least 4 members (excludes halogenated alkanes) is 1. The number of carbonyl (C=O) groups excluding carboxylic acids is 1. The number of amides is 1. The van der Waals surface area contributed by atoms with Gasteiger partial charge < -0.3 is 14.6 Å². The molecule has 1 heterocycles. The lowest BCUT2D eigenvalue weighted by atomic mass is 10.1. The summed E-state index contributed by atoms with van der Waals surface area (Å²) < 4.78 is 8.39. The SMILES string of the molecule is Cc1cccc(C)c1OCCCCn1c(CCCNC(=O)C(C)C)nc2ccccc21. The van der Waals surface area contributed by atoms with Gasteiger partial charge in [0.2, 0.25) is 5.91 Å². The molecule has 0 saturated carbocycles. The van der Waals surface area contributed by atoms with Gasteiger partial charge in [0.05, 0.1) is 17.6 Å². The van der Waals surface area contributed by atoms with E-state index in [0.717, 1.165) is 55.9 Å². The van der Waals surface area contributed by atoms with Crippen molar-refractivity contribution in [3.63, 3.8) is 0 Å².